The number of nitriles is 1. The fourth-order valence-corrected chi connectivity index (χ4v) is 2.12. The Morgan fingerprint density at radius 2 is 1.89 bits per heavy atom. The van der Waals surface area contributed by atoms with Gasteiger partial charge in [0.25, 0.3) is 0 Å². The lowest BCUT2D eigenvalue weighted by Gasteiger charge is -2.15. The first kappa shape index (κ1) is 13.6. The molecule has 0 amide bonds. The van der Waals surface area contributed by atoms with E-state index in [1.165, 1.54) is 12.1 Å². The Morgan fingerprint density at radius 3 is 2.47 bits per heavy atom. The summed E-state index contributed by atoms with van der Waals surface area (Å²) >= 11 is 3.36. The van der Waals surface area contributed by atoms with Crippen LogP contribution in [0, 0.1) is 24.1 Å². The number of halogens is 2. The molecule has 0 aliphatic rings. The van der Waals surface area contributed by atoms with Gasteiger partial charge in [-0.2, -0.15) is 5.26 Å². The molecule has 2 aromatic rings. The summed E-state index contributed by atoms with van der Waals surface area (Å²) in [4.78, 5) is 0. The SMILES string of the molecule is Cc1cc(F)ccc1C(C#N)Nc1ccc(Br)cc1. The second-order valence-electron chi connectivity index (χ2n) is 4.21. The molecule has 0 radical (unpaired) electrons. The van der Waals surface area contributed by atoms with Gasteiger partial charge >= 0.3 is 0 Å². The third kappa shape index (κ3) is 3.33. The van der Waals surface area contributed by atoms with Crippen LogP contribution in [0.4, 0.5) is 10.1 Å². The minimum Gasteiger partial charge on any atom is -0.366 e. The van der Waals surface area contributed by atoms with Crippen LogP contribution in [0.15, 0.2) is 46.9 Å². The Kier molecular flexibility index (Phi) is 4.18. The Balaban J connectivity index is 2.25. The number of hydrogen-bond acceptors (Lipinski definition) is 2. The number of benzene rings is 2. The quantitative estimate of drug-likeness (QED) is 0.899. The van der Waals surface area contributed by atoms with Crippen molar-refractivity contribution in [2.24, 2.45) is 0 Å². The molecule has 4 heteroatoms. The lowest BCUT2D eigenvalue weighted by molar-refractivity contribution is 0.625. The van der Waals surface area contributed by atoms with Gasteiger partial charge in [-0.15, -0.1) is 0 Å². The first-order valence-corrected chi connectivity index (χ1v) is 6.57. The molecule has 0 saturated heterocycles. The molecule has 2 nitrogen and oxygen atoms in total. The Labute approximate surface area is 120 Å². The first-order chi connectivity index (χ1) is 9.10. The number of anilines is 1. The molecule has 0 saturated carbocycles. The monoisotopic (exact) mass is 318 g/mol. The lowest BCUT2D eigenvalue weighted by Crippen LogP contribution is -2.10. The average Bonchev–Trinajstić information content (AvgIpc) is 2.39. The number of nitrogens with one attached hydrogen (secondary N) is 1. The van der Waals surface area contributed by atoms with Crippen molar-refractivity contribution in [2.75, 3.05) is 5.32 Å². The zero-order chi connectivity index (χ0) is 13.8. The van der Waals surface area contributed by atoms with E-state index in [4.69, 9.17) is 0 Å². The van der Waals surface area contributed by atoms with Crippen LogP contribution in [0.1, 0.15) is 17.2 Å². The fourth-order valence-electron chi connectivity index (χ4n) is 1.86. The van der Waals surface area contributed by atoms with E-state index >= 15 is 0 Å². The first-order valence-electron chi connectivity index (χ1n) is 5.78. The van der Waals surface area contributed by atoms with Gasteiger partial charge in [0, 0.05) is 10.2 Å². The topological polar surface area (TPSA) is 35.8 Å². The van der Waals surface area contributed by atoms with Gasteiger partial charge in [-0.05, 0) is 54.4 Å². The van der Waals surface area contributed by atoms with E-state index in [0.717, 1.165) is 21.3 Å². The molecule has 2 aromatic carbocycles. The average molecular weight is 319 g/mol. The van der Waals surface area contributed by atoms with E-state index in [1.54, 1.807) is 13.0 Å². The van der Waals surface area contributed by atoms with E-state index in [0.29, 0.717) is 0 Å². The lowest BCUT2D eigenvalue weighted by atomic mass is 10.0. The number of nitrogens with zero attached hydrogens (tertiary/aromatic N) is 1. The van der Waals surface area contributed by atoms with E-state index in [9.17, 15) is 9.65 Å². The van der Waals surface area contributed by atoms with Crippen molar-refractivity contribution in [3.05, 3.63) is 63.9 Å². The van der Waals surface area contributed by atoms with Crippen molar-refractivity contribution >= 4 is 21.6 Å². The highest BCUT2D eigenvalue weighted by molar-refractivity contribution is 9.10. The predicted molar refractivity (Wildman–Crippen MR) is 77.3 cm³/mol. The highest BCUT2D eigenvalue weighted by Crippen LogP contribution is 2.23. The van der Waals surface area contributed by atoms with E-state index < -0.39 is 6.04 Å². The van der Waals surface area contributed by atoms with Crippen LogP contribution in [0.5, 0.6) is 0 Å². The standard InChI is InChI=1S/C15H12BrFN2/c1-10-8-12(17)4-7-14(10)15(9-18)19-13-5-2-11(16)3-6-13/h2-8,15,19H,1H3. The zero-order valence-electron chi connectivity index (χ0n) is 10.3. The smallest absolute Gasteiger partial charge is 0.140 e. The van der Waals surface area contributed by atoms with Crippen LogP contribution in [-0.4, -0.2) is 0 Å². The van der Waals surface area contributed by atoms with Gasteiger partial charge in [0.2, 0.25) is 0 Å². The van der Waals surface area contributed by atoms with Crippen molar-refractivity contribution in [3.63, 3.8) is 0 Å². The second-order valence-corrected chi connectivity index (χ2v) is 5.13. The third-order valence-electron chi connectivity index (χ3n) is 2.83. The largest absolute Gasteiger partial charge is 0.366 e. The van der Waals surface area contributed by atoms with Crippen molar-refractivity contribution in [3.8, 4) is 6.07 Å². The van der Waals surface area contributed by atoms with Gasteiger partial charge in [0.15, 0.2) is 0 Å². The van der Waals surface area contributed by atoms with Gasteiger partial charge in [-0.3, -0.25) is 0 Å². The van der Waals surface area contributed by atoms with Crippen LogP contribution in [0.3, 0.4) is 0 Å². The molecule has 0 aliphatic heterocycles. The summed E-state index contributed by atoms with van der Waals surface area (Å²) in [6, 6.07) is 13.7. The van der Waals surface area contributed by atoms with E-state index in [1.807, 2.05) is 24.3 Å². The summed E-state index contributed by atoms with van der Waals surface area (Å²) in [5.74, 6) is -0.290. The molecule has 96 valence electrons. The molecule has 1 atom stereocenters. The van der Waals surface area contributed by atoms with Crippen molar-refractivity contribution in [1.29, 1.82) is 5.26 Å². The maximum Gasteiger partial charge on any atom is 0.140 e. The van der Waals surface area contributed by atoms with Crippen molar-refractivity contribution in [2.45, 2.75) is 13.0 Å². The molecular formula is C15H12BrFN2. The summed E-state index contributed by atoms with van der Waals surface area (Å²) in [5.41, 5.74) is 2.39. The van der Waals surface area contributed by atoms with E-state index in [2.05, 4.69) is 27.3 Å². The van der Waals surface area contributed by atoms with Gasteiger partial charge in [0.1, 0.15) is 11.9 Å². The Bertz CT molecular complexity index is 617. The van der Waals surface area contributed by atoms with Crippen LogP contribution in [0.2, 0.25) is 0 Å². The summed E-state index contributed by atoms with van der Waals surface area (Å²) in [6.45, 7) is 1.80. The van der Waals surface area contributed by atoms with Gasteiger partial charge in [0.05, 0.1) is 6.07 Å². The molecule has 1 N–H and O–H groups in total. The minimum absolute atomic E-state index is 0.290. The van der Waals surface area contributed by atoms with Crippen LogP contribution in [-0.2, 0) is 0 Å². The maximum absolute atomic E-state index is 13.1. The van der Waals surface area contributed by atoms with Gasteiger partial charge in [-0.25, -0.2) is 4.39 Å². The van der Waals surface area contributed by atoms with Crippen molar-refractivity contribution in [1.82, 2.24) is 0 Å². The second kappa shape index (κ2) is 5.85. The Hall–Kier alpha value is -1.86. The van der Waals surface area contributed by atoms with E-state index in [-0.39, 0.29) is 5.82 Å². The van der Waals surface area contributed by atoms with Gasteiger partial charge in [-0.1, -0.05) is 22.0 Å². The summed E-state index contributed by atoms with van der Waals surface area (Å²) in [5, 5.41) is 12.4. The summed E-state index contributed by atoms with van der Waals surface area (Å²) < 4.78 is 14.1. The normalized spacial score (nSPS) is 11.7. The summed E-state index contributed by atoms with van der Waals surface area (Å²) in [6.07, 6.45) is 0. The minimum atomic E-state index is -0.498. The molecule has 1 unspecified atom stereocenters. The highest BCUT2D eigenvalue weighted by atomic mass is 79.9. The third-order valence-corrected chi connectivity index (χ3v) is 3.36. The van der Waals surface area contributed by atoms with Gasteiger partial charge < -0.3 is 5.32 Å². The Morgan fingerprint density at radius 1 is 1.21 bits per heavy atom. The van der Waals surface area contributed by atoms with Crippen molar-refractivity contribution < 1.29 is 4.39 Å². The summed E-state index contributed by atoms with van der Waals surface area (Å²) in [7, 11) is 0. The molecule has 0 heterocycles. The van der Waals surface area contributed by atoms with Crippen LogP contribution in [0.25, 0.3) is 0 Å². The van der Waals surface area contributed by atoms with Crippen LogP contribution >= 0.6 is 15.9 Å². The number of hydrogen-bond donors (Lipinski definition) is 1. The zero-order valence-corrected chi connectivity index (χ0v) is 11.9. The molecular weight excluding hydrogens is 307 g/mol. The molecule has 0 fully saturated rings. The molecule has 0 spiro atoms. The maximum atomic E-state index is 13.1. The molecule has 0 bridgehead atoms. The molecule has 19 heavy (non-hydrogen) atoms. The fraction of sp³-hybridized carbons (Fsp3) is 0.133. The predicted octanol–water partition coefficient (Wildman–Crippen LogP) is 4.57. The number of aryl methyl sites for hydroxylation is 1. The molecule has 0 aromatic heterocycles. The molecule has 2 rings (SSSR count). The number of rotatable bonds is 3. The van der Waals surface area contributed by atoms with Crippen LogP contribution < -0.4 is 5.32 Å². The highest BCUT2D eigenvalue weighted by Gasteiger charge is 2.13. The molecule has 0 aliphatic carbocycles.